The van der Waals surface area contributed by atoms with E-state index in [4.69, 9.17) is 10.8 Å². The van der Waals surface area contributed by atoms with Gasteiger partial charge in [0.15, 0.2) is 0 Å². The zero-order valence-electron chi connectivity index (χ0n) is 7.61. The normalized spacial score (nSPS) is 12.4. The first kappa shape index (κ1) is 10.7. The molecule has 3 N–H and O–H groups in total. The minimum Gasteiger partial charge on any atom is -0.396 e. The molecule has 0 spiro atoms. The molecule has 1 amide bonds. The van der Waals surface area contributed by atoms with Crippen molar-refractivity contribution in [3.05, 3.63) is 35.6 Å². The number of carbonyl (C=O) groups is 1. The van der Waals surface area contributed by atoms with E-state index in [2.05, 4.69) is 0 Å². The van der Waals surface area contributed by atoms with E-state index in [-0.39, 0.29) is 18.8 Å². The van der Waals surface area contributed by atoms with E-state index in [1.54, 1.807) is 0 Å². The van der Waals surface area contributed by atoms with E-state index < -0.39 is 11.8 Å². The fourth-order valence-corrected chi connectivity index (χ4v) is 1.30. The van der Waals surface area contributed by atoms with Crippen LogP contribution in [-0.4, -0.2) is 17.6 Å². The molecule has 0 aromatic heterocycles. The average molecular weight is 197 g/mol. The smallest absolute Gasteiger partial charge is 0.225 e. The molecule has 0 bridgehead atoms. The Morgan fingerprint density at radius 1 is 1.43 bits per heavy atom. The van der Waals surface area contributed by atoms with Crippen LogP contribution < -0.4 is 5.73 Å². The maximum absolute atomic E-state index is 12.6. The molecule has 0 fully saturated rings. The average Bonchev–Trinajstić information content (AvgIpc) is 2.15. The largest absolute Gasteiger partial charge is 0.396 e. The minimum atomic E-state index is -0.541. The van der Waals surface area contributed by atoms with Gasteiger partial charge in [0.05, 0.1) is 5.92 Å². The molecule has 4 heteroatoms. The van der Waals surface area contributed by atoms with Gasteiger partial charge < -0.3 is 10.8 Å². The van der Waals surface area contributed by atoms with Gasteiger partial charge in [0, 0.05) is 6.61 Å². The van der Waals surface area contributed by atoms with E-state index in [1.807, 2.05) is 0 Å². The first-order valence-corrected chi connectivity index (χ1v) is 4.30. The molecule has 0 aliphatic heterocycles. The first-order valence-electron chi connectivity index (χ1n) is 4.30. The third kappa shape index (κ3) is 2.53. The molecule has 76 valence electrons. The Bertz CT molecular complexity index is 310. The predicted molar refractivity (Wildman–Crippen MR) is 50.0 cm³/mol. The molecule has 1 rings (SSSR count). The van der Waals surface area contributed by atoms with Crippen LogP contribution in [0.3, 0.4) is 0 Å². The molecule has 1 aromatic rings. The standard InChI is InChI=1S/C10H12FNO2/c11-8-3-1-7(2-4-8)9(5-6-13)10(12)14/h1-4,9,13H,5-6H2,(H2,12,14)/t9-/m0/s1. The summed E-state index contributed by atoms with van der Waals surface area (Å²) >= 11 is 0. The van der Waals surface area contributed by atoms with Gasteiger partial charge in [0.25, 0.3) is 0 Å². The maximum Gasteiger partial charge on any atom is 0.225 e. The molecular formula is C10H12FNO2. The molecule has 0 saturated heterocycles. The fraction of sp³-hybridized carbons (Fsp3) is 0.300. The number of amides is 1. The lowest BCUT2D eigenvalue weighted by atomic mass is 9.95. The maximum atomic E-state index is 12.6. The van der Waals surface area contributed by atoms with Gasteiger partial charge in [-0.2, -0.15) is 0 Å². The first-order chi connectivity index (χ1) is 6.65. The molecule has 0 heterocycles. The lowest BCUT2D eigenvalue weighted by molar-refractivity contribution is -0.119. The number of aliphatic hydroxyl groups is 1. The van der Waals surface area contributed by atoms with Gasteiger partial charge in [-0.1, -0.05) is 12.1 Å². The van der Waals surface area contributed by atoms with Crippen LogP contribution in [-0.2, 0) is 4.79 Å². The fourth-order valence-electron chi connectivity index (χ4n) is 1.30. The second kappa shape index (κ2) is 4.72. The monoisotopic (exact) mass is 197 g/mol. The second-order valence-electron chi connectivity index (χ2n) is 3.02. The van der Waals surface area contributed by atoms with Crippen LogP contribution in [0, 0.1) is 5.82 Å². The van der Waals surface area contributed by atoms with Gasteiger partial charge in [-0.25, -0.2) is 4.39 Å². The van der Waals surface area contributed by atoms with E-state index in [0.29, 0.717) is 5.56 Å². The van der Waals surface area contributed by atoms with Gasteiger partial charge in [-0.3, -0.25) is 4.79 Å². The Kier molecular flexibility index (Phi) is 3.59. The van der Waals surface area contributed by atoms with Gasteiger partial charge in [0.2, 0.25) is 5.91 Å². The van der Waals surface area contributed by atoms with E-state index in [9.17, 15) is 9.18 Å². The summed E-state index contributed by atoms with van der Waals surface area (Å²) in [5, 5.41) is 8.72. The van der Waals surface area contributed by atoms with E-state index in [0.717, 1.165) is 0 Å². The number of aliphatic hydroxyl groups excluding tert-OH is 1. The minimum absolute atomic E-state index is 0.120. The number of hydrogen-bond donors (Lipinski definition) is 2. The molecule has 0 aliphatic carbocycles. The van der Waals surface area contributed by atoms with Crippen molar-refractivity contribution in [2.45, 2.75) is 12.3 Å². The van der Waals surface area contributed by atoms with Crippen LogP contribution in [0.1, 0.15) is 17.9 Å². The van der Waals surface area contributed by atoms with Gasteiger partial charge in [-0.15, -0.1) is 0 Å². The molecule has 14 heavy (non-hydrogen) atoms. The summed E-state index contributed by atoms with van der Waals surface area (Å²) in [4.78, 5) is 11.0. The summed E-state index contributed by atoms with van der Waals surface area (Å²) in [7, 11) is 0. The van der Waals surface area contributed by atoms with Crippen molar-refractivity contribution in [1.29, 1.82) is 0 Å². The molecule has 0 radical (unpaired) electrons. The van der Waals surface area contributed by atoms with Crippen LogP contribution >= 0.6 is 0 Å². The van der Waals surface area contributed by atoms with Crippen LogP contribution in [0.5, 0.6) is 0 Å². The molecule has 1 atom stereocenters. The third-order valence-corrected chi connectivity index (χ3v) is 2.03. The Morgan fingerprint density at radius 3 is 2.43 bits per heavy atom. The molecule has 0 saturated carbocycles. The third-order valence-electron chi connectivity index (χ3n) is 2.03. The quantitative estimate of drug-likeness (QED) is 0.749. The lowest BCUT2D eigenvalue weighted by Crippen LogP contribution is -2.22. The topological polar surface area (TPSA) is 63.3 Å². The highest BCUT2D eigenvalue weighted by Gasteiger charge is 2.16. The highest BCUT2D eigenvalue weighted by molar-refractivity contribution is 5.81. The summed E-state index contributed by atoms with van der Waals surface area (Å²) in [6, 6.07) is 5.53. The Balaban J connectivity index is 2.87. The van der Waals surface area contributed by atoms with Crippen LogP contribution in [0.2, 0.25) is 0 Å². The summed E-state index contributed by atoms with van der Waals surface area (Å²) in [5.74, 6) is -1.41. The number of rotatable bonds is 4. The summed E-state index contributed by atoms with van der Waals surface area (Å²) < 4.78 is 12.6. The molecular weight excluding hydrogens is 185 g/mol. The zero-order valence-corrected chi connectivity index (χ0v) is 7.61. The van der Waals surface area contributed by atoms with Crippen molar-refractivity contribution in [3.63, 3.8) is 0 Å². The van der Waals surface area contributed by atoms with Crippen molar-refractivity contribution in [3.8, 4) is 0 Å². The van der Waals surface area contributed by atoms with Crippen molar-refractivity contribution in [2.75, 3.05) is 6.61 Å². The zero-order chi connectivity index (χ0) is 10.6. The lowest BCUT2D eigenvalue weighted by Gasteiger charge is -2.11. The number of hydrogen-bond acceptors (Lipinski definition) is 2. The number of carbonyl (C=O) groups excluding carboxylic acids is 1. The van der Waals surface area contributed by atoms with Crippen LogP contribution in [0.4, 0.5) is 4.39 Å². The van der Waals surface area contributed by atoms with Gasteiger partial charge in [0.1, 0.15) is 5.82 Å². The van der Waals surface area contributed by atoms with Gasteiger partial charge >= 0.3 is 0 Å². The van der Waals surface area contributed by atoms with Crippen LogP contribution in [0.15, 0.2) is 24.3 Å². The van der Waals surface area contributed by atoms with Gasteiger partial charge in [-0.05, 0) is 24.1 Å². The van der Waals surface area contributed by atoms with E-state index in [1.165, 1.54) is 24.3 Å². The number of primary amides is 1. The highest BCUT2D eigenvalue weighted by Crippen LogP contribution is 2.19. The molecule has 1 aromatic carbocycles. The second-order valence-corrected chi connectivity index (χ2v) is 3.02. The van der Waals surface area contributed by atoms with Crippen molar-refractivity contribution in [2.24, 2.45) is 5.73 Å². The number of halogens is 1. The number of benzene rings is 1. The highest BCUT2D eigenvalue weighted by atomic mass is 19.1. The SMILES string of the molecule is NC(=O)[C@@H](CCO)c1ccc(F)cc1. The van der Waals surface area contributed by atoms with Crippen LogP contribution in [0.25, 0.3) is 0 Å². The van der Waals surface area contributed by atoms with E-state index >= 15 is 0 Å². The molecule has 3 nitrogen and oxygen atoms in total. The van der Waals surface area contributed by atoms with Crippen molar-refractivity contribution in [1.82, 2.24) is 0 Å². The summed E-state index contributed by atoms with van der Waals surface area (Å²) in [6.45, 7) is -0.120. The Morgan fingerprint density at radius 2 is 2.00 bits per heavy atom. The van der Waals surface area contributed by atoms with Crippen molar-refractivity contribution < 1.29 is 14.3 Å². The summed E-state index contributed by atoms with van der Waals surface area (Å²) in [6.07, 6.45) is 0.265. The summed E-state index contributed by atoms with van der Waals surface area (Å²) in [5.41, 5.74) is 5.78. The molecule has 0 unspecified atom stereocenters. The predicted octanol–water partition coefficient (Wildman–Crippen LogP) is 0.777. The van der Waals surface area contributed by atoms with Crippen molar-refractivity contribution >= 4 is 5.91 Å². The number of nitrogens with two attached hydrogens (primary N) is 1. The molecule has 0 aliphatic rings. The Labute approximate surface area is 81.4 Å². The Hall–Kier alpha value is -1.42.